The molecule has 0 N–H and O–H groups in total. The maximum atomic E-state index is 10.5. The van der Waals surface area contributed by atoms with Crippen molar-refractivity contribution in [2.24, 2.45) is 0 Å². The maximum absolute atomic E-state index is 10.5. The van der Waals surface area contributed by atoms with Crippen molar-refractivity contribution in [3.63, 3.8) is 0 Å². The van der Waals surface area contributed by atoms with Crippen LogP contribution in [0.3, 0.4) is 0 Å². The average Bonchev–Trinajstić information content (AvgIpc) is 2.67. The van der Waals surface area contributed by atoms with E-state index in [1.54, 1.807) is 7.11 Å². The molecule has 0 saturated carbocycles. The third-order valence-electron chi connectivity index (χ3n) is 2.48. The van der Waals surface area contributed by atoms with Crippen LogP contribution in [-0.4, -0.2) is 20.0 Å². The number of carbonyl (C=O) groups excluding carboxylic acids is 1. The first-order valence-electron chi connectivity index (χ1n) is 4.72. The van der Waals surface area contributed by atoms with E-state index in [0.29, 0.717) is 13.0 Å². The Kier molecular flexibility index (Phi) is 2.95. The van der Waals surface area contributed by atoms with Gasteiger partial charge in [-0.15, -0.1) is 0 Å². The van der Waals surface area contributed by atoms with Gasteiger partial charge in [-0.1, -0.05) is 0 Å². The Morgan fingerprint density at radius 1 is 1.67 bits per heavy atom. The molecule has 1 aromatic carbocycles. The average molecular weight is 271 g/mol. The van der Waals surface area contributed by atoms with Crippen molar-refractivity contribution in [1.29, 1.82) is 0 Å². The summed E-state index contributed by atoms with van der Waals surface area (Å²) in [7, 11) is 1.61. The molecule has 1 aliphatic rings. The van der Waals surface area contributed by atoms with E-state index in [-0.39, 0.29) is 0 Å². The molecule has 2 rings (SSSR count). The third-order valence-corrected chi connectivity index (χ3v) is 3.31. The number of ether oxygens (including phenoxy) is 2. The molecule has 0 unspecified atom stereocenters. The minimum absolute atomic E-state index is 0.346. The minimum atomic E-state index is 0.346. The molecule has 80 valence electrons. The van der Waals surface area contributed by atoms with Gasteiger partial charge < -0.3 is 14.3 Å². The van der Waals surface area contributed by atoms with Gasteiger partial charge in [0.05, 0.1) is 18.2 Å². The summed E-state index contributed by atoms with van der Waals surface area (Å²) < 4.78 is 11.7. The fourth-order valence-corrected chi connectivity index (χ4v) is 2.59. The highest BCUT2D eigenvalue weighted by atomic mass is 79.9. The van der Waals surface area contributed by atoms with Crippen LogP contribution in [0.4, 0.5) is 0 Å². The molecule has 1 aliphatic heterocycles. The normalized spacial score (nSPS) is 13.2. The van der Waals surface area contributed by atoms with E-state index in [4.69, 9.17) is 9.47 Å². The van der Waals surface area contributed by atoms with Crippen molar-refractivity contribution >= 4 is 22.2 Å². The van der Waals surface area contributed by atoms with Crippen LogP contribution in [0.15, 0.2) is 10.5 Å². The predicted octanol–water partition coefficient (Wildman–Crippen LogP) is 2.13. The molecule has 1 aromatic rings. The second-order valence-corrected chi connectivity index (χ2v) is 4.12. The molecular formula is C11H11BrO3. The van der Waals surface area contributed by atoms with Crippen molar-refractivity contribution in [3.05, 3.63) is 21.7 Å². The van der Waals surface area contributed by atoms with Crippen LogP contribution in [0.1, 0.15) is 11.1 Å². The van der Waals surface area contributed by atoms with E-state index in [1.165, 1.54) is 0 Å². The Bertz CT molecular complexity index is 401. The maximum Gasteiger partial charge on any atom is 0.137 e. The number of aldehydes is 1. The summed E-state index contributed by atoms with van der Waals surface area (Å²) >= 11 is 3.49. The fourth-order valence-electron chi connectivity index (χ4n) is 1.78. The number of halogens is 1. The molecular weight excluding hydrogens is 260 g/mol. The van der Waals surface area contributed by atoms with Crippen molar-refractivity contribution in [2.45, 2.75) is 12.8 Å². The Labute approximate surface area is 96.5 Å². The van der Waals surface area contributed by atoms with Gasteiger partial charge in [0.15, 0.2) is 0 Å². The van der Waals surface area contributed by atoms with E-state index in [1.807, 2.05) is 6.07 Å². The molecule has 0 atom stereocenters. The Hall–Kier alpha value is -1.03. The highest BCUT2D eigenvalue weighted by Gasteiger charge is 2.21. The summed E-state index contributed by atoms with van der Waals surface area (Å²) in [6.45, 7) is 0.696. The third kappa shape index (κ3) is 1.74. The number of fused-ring (bicyclic) bond motifs is 1. The lowest BCUT2D eigenvalue weighted by Gasteiger charge is -2.11. The number of methoxy groups -OCH3 is 1. The van der Waals surface area contributed by atoms with Gasteiger partial charge in [0.1, 0.15) is 17.8 Å². The Morgan fingerprint density at radius 3 is 3.13 bits per heavy atom. The Balaban J connectivity index is 2.55. The highest BCUT2D eigenvalue weighted by Crippen LogP contribution is 2.41. The molecule has 15 heavy (non-hydrogen) atoms. The van der Waals surface area contributed by atoms with E-state index in [2.05, 4.69) is 15.9 Å². The number of hydrogen-bond donors (Lipinski definition) is 0. The fraction of sp³-hybridized carbons (Fsp3) is 0.364. The summed E-state index contributed by atoms with van der Waals surface area (Å²) in [4.78, 5) is 10.5. The van der Waals surface area contributed by atoms with Crippen LogP contribution in [0.2, 0.25) is 0 Å². The topological polar surface area (TPSA) is 35.5 Å². The van der Waals surface area contributed by atoms with E-state index >= 15 is 0 Å². The van der Waals surface area contributed by atoms with Crippen LogP contribution in [0.5, 0.6) is 11.5 Å². The van der Waals surface area contributed by atoms with Crippen molar-refractivity contribution in [3.8, 4) is 11.5 Å². The van der Waals surface area contributed by atoms with E-state index in [0.717, 1.165) is 39.8 Å². The minimum Gasteiger partial charge on any atom is -0.495 e. The highest BCUT2D eigenvalue weighted by molar-refractivity contribution is 9.10. The van der Waals surface area contributed by atoms with Crippen molar-refractivity contribution in [2.75, 3.05) is 13.7 Å². The van der Waals surface area contributed by atoms with Crippen LogP contribution in [0.25, 0.3) is 0 Å². The summed E-state index contributed by atoms with van der Waals surface area (Å²) in [5.74, 6) is 1.60. The van der Waals surface area contributed by atoms with Gasteiger partial charge in [-0.3, -0.25) is 0 Å². The quantitative estimate of drug-likeness (QED) is 0.790. The second-order valence-electron chi connectivity index (χ2n) is 3.33. The Morgan fingerprint density at radius 2 is 2.47 bits per heavy atom. The number of benzene rings is 1. The zero-order valence-electron chi connectivity index (χ0n) is 8.38. The predicted molar refractivity (Wildman–Crippen MR) is 59.7 cm³/mol. The van der Waals surface area contributed by atoms with Gasteiger partial charge in [0.2, 0.25) is 0 Å². The van der Waals surface area contributed by atoms with Gasteiger partial charge in [-0.05, 0) is 22.0 Å². The van der Waals surface area contributed by atoms with Crippen LogP contribution in [-0.2, 0) is 17.6 Å². The largest absolute Gasteiger partial charge is 0.495 e. The first-order chi connectivity index (χ1) is 7.27. The first-order valence-corrected chi connectivity index (χ1v) is 5.52. The van der Waals surface area contributed by atoms with E-state index in [9.17, 15) is 4.79 Å². The lowest BCUT2D eigenvalue weighted by Crippen LogP contribution is -1.96. The van der Waals surface area contributed by atoms with Crippen molar-refractivity contribution < 1.29 is 14.3 Å². The summed E-state index contributed by atoms with van der Waals surface area (Å²) in [6.07, 6.45) is 2.09. The molecule has 0 amide bonds. The van der Waals surface area contributed by atoms with Crippen molar-refractivity contribution in [1.82, 2.24) is 0 Å². The van der Waals surface area contributed by atoms with E-state index < -0.39 is 0 Å². The molecule has 1 heterocycles. The zero-order valence-corrected chi connectivity index (χ0v) is 9.96. The SMILES string of the molecule is COc1c(CC=O)cc2c(c1Br)CCO2. The zero-order chi connectivity index (χ0) is 10.8. The standard InChI is InChI=1S/C11H11BrO3/c1-14-11-7(2-4-13)6-9-8(10(11)12)3-5-15-9/h4,6H,2-3,5H2,1H3. The lowest BCUT2D eigenvalue weighted by molar-refractivity contribution is -0.107. The van der Waals surface area contributed by atoms with Gasteiger partial charge in [-0.2, -0.15) is 0 Å². The summed E-state index contributed by atoms with van der Waals surface area (Å²) in [6, 6.07) is 1.89. The molecule has 4 heteroatoms. The first kappa shape index (κ1) is 10.5. The van der Waals surface area contributed by atoms with Gasteiger partial charge in [0.25, 0.3) is 0 Å². The lowest BCUT2D eigenvalue weighted by atomic mass is 10.1. The van der Waals surface area contributed by atoms with Crippen LogP contribution in [0, 0.1) is 0 Å². The van der Waals surface area contributed by atoms with Gasteiger partial charge in [0, 0.05) is 24.0 Å². The molecule has 0 spiro atoms. The summed E-state index contributed by atoms with van der Waals surface area (Å²) in [5, 5.41) is 0. The van der Waals surface area contributed by atoms with Crippen LogP contribution < -0.4 is 9.47 Å². The second kappa shape index (κ2) is 4.23. The molecule has 0 radical (unpaired) electrons. The monoisotopic (exact) mass is 270 g/mol. The summed E-state index contributed by atoms with van der Waals surface area (Å²) in [5.41, 5.74) is 1.99. The van der Waals surface area contributed by atoms with Gasteiger partial charge >= 0.3 is 0 Å². The smallest absolute Gasteiger partial charge is 0.137 e. The molecule has 0 saturated heterocycles. The van der Waals surface area contributed by atoms with Gasteiger partial charge in [-0.25, -0.2) is 0 Å². The number of carbonyl (C=O) groups is 1. The molecule has 0 fully saturated rings. The molecule has 3 nitrogen and oxygen atoms in total. The number of hydrogen-bond acceptors (Lipinski definition) is 3. The van der Waals surface area contributed by atoms with Crippen LogP contribution >= 0.6 is 15.9 Å². The number of rotatable bonds is 3. The molecule has 0 aromatic heterocycles. The molecule has 0 aliphatic carbocycles. The molecule has 0 bridgehead atoms.